The summed E-state index contributed by atoms with van der Waals surface area (Å²) >= 11 is 0. The predicted molar refractivity (Wildman–Crippen MR) is 125 cm³/mol. The summed E-state index contributed by atoms with van der Waals surface area (Å²) in [7, 11) is 1.66. The van der Waals surface area contributed by atoms with Crippen LogP contribution in [0.3, 0.4) is 0 Å². The predicted octanol–water partition coefficient (Wildman–Crippen LogP) is 3.01. The van der Waals surface area contributed by atoms with Gasteiger partial charge in [-0.25, -0.2) is 9.79 Å². The minimum absolute atomic E-state index is 0.311. The monoisotopic (exact) mass is 446 g/mol. The third kappa shape index (κ3) is 3.97. The number of carbonyl (C=O) groups is 2. The Labute approximate surface area is 192 Å². The van der Waals surface area contributed by atoms with Crippen LogP contribution in [-0.2, 0) is 4.79 Å². The van der Waals surface area contributed by atoms with Crippen LogP contribution in [0.2, 0.25) is 0 Å². The van der Waals surface area contributed by atoms with E-state index in [2.05, 4.69) is 15.5 Å². The maximum absolute atomic E-state index is 12.4. The average molecular weight is 447 g/mol. The third-order valence-electron chi connectivity index (χ3n) is 5.99. The summed E-state index contributed by atoms with van der Waals surface area (Å²) in [4.78, 5) is 34.5. The van der Waals surface area contributed by atoms with Crippen molar-refractivity contribution in [3.8, 4) is 11.5 Å². The number of allylic oxidation sites excluding steroid dienone is 1. The number of para-hydroxylation sites is 1. The molecule has 1 saturated heterocycles. The number of rotatable bonds is 7. The standard InChI is InChI=1S/C24H26N6O3/c1-16-15-30-20-21(28(2)24(32)27-22(20)31)26-23(30)29(16)14-6-13-25-17-9-11-19(12-10-17)33-18-7-4-3-5-8-18/h3-5,7-12,15,20-21,25H,6,13-14H2,1-2H3,(H,27,31,32). The molecule has 3 amide bonds. The molecule has 5 rings (SSSR count). The summed E-state index contributed by atoms with van der Waals surface area (Å²) in [5, 5.41) is 5.83. The lowest BCUT2D eigenvalue weighted by Gasteiger charge is -2.34. The Morgan fingerprint density at radius 3 is 2.55 bits per heavy atom. The van der Waals surface area contributed by atoms with Crippen molar-refractivity contribution in [1.29, 1.82) is 0 Å². The Morgan fingerprint density at radius 2 is 1.79 bits per heavy atom. The Hall–Kier alpha value is -4.01. The maximum atomic E-state index is 12.4. The van der Waals surface area contributed by atoms with E-state index in [4.69, 9.17) is 9.73 Å². The second-order valence-corrected chi connectivity index (χ2v) is 8.24. The minimum atomic E-state index is -0.516. The maximum Gasteiger partial charge on any atom is 0.325 e. The van der Waals surface area contributed by atoms with Gasteiger partial charge in [0, 0.05) is 37.7 Å². The van der Waals surface area contributed by atoms with E-state index in [1.165, 1.54) is 4.90 Å². The van der Waals surface area contributed by atoms with Gasteiger partial charge in [-0.3, -0.25) is 10.1 Å². The number of urea groups is 1. The summed E-state index contributed by atoms with van der Waals surface area (Å²) < 4.78 is 5.83. The number of hydrogen-bond acceptors (Lipinski definition) is 7. The quantitative estimate of drug-likeness (QED) is 0.636. The van der Waals surface area contributed by atoms with Gasteiger partial charge in [-0.1, -0.05) is 18.2 Å². The number of fused-ring (bicyclic) bond motifs is 3. The number of anilines is 1. The van der Waals surface area contributed by atoms with Gasteiger partial charge < -0.3 is 24.8 Å². The number of carbonyl (C=O) groups excluding carboxylic acids is 2. The van der Waals surface area contributed by atoms with E-state index in [1.54, 1.807) is 7.05 Å². The zero-order valence-electron chi connectivity index (χ0n) is 18.6. The highest BCUT2D eigenvalue weighted by Crippen LogP contribution is 2.31. The molecule has 9 heteroatoms. The molecule has 0 radical (unpaired) electrons. The molecule has 3 aliphatic heterocycles. The zero-order valence-corrected chi connectivity index (χ0v) is 18.6. The number of benzene rings is 2. The number of likely N-dealkylation sites (N-methyl/N-ethyl adjacent to an activating group) is 1. The third-order valence-corrected chi connectivity index (χ3v) is 5.99. The molecule has 3 heterocycles. The molecule has 9 nitrogen and oxygen atoms in total. The number of nitrogens with zero attached hydrogens (tertiary/aromatic N) is 4. The topological polar surface area (TPSA) is 89.5 Å². The number of aliphatic imine (C=N–C) groups is 1. The SMILES string of the molecule is CC1=CN2C(=NC3C2C(=O)NC(=O)N3C)N1CCCNc1ccc(Oc2ccccc2)cc1. The second-order valence-electron chi connectivity index (χ2n) is 8.24. The lowest BCUT2D eigenvalue weighted by molar-refractivity contribution is -0.126. The Morgan fingerprint density at radius 1 is 1.06 bits per heavy atom. The molecular weight excluding hydrogens is 420 g/mol. The van der Waals surface area contributed by atoms with E-state index >= 15 is 0 Å². The summed E-state index contributed by atoms with van der Waals surface area (Å²) in [6.07, 6.45) is 2.31. The van der Waals surface area contributed by atoms with E-state index in [0.29, 0.717) is 0 Å². The van der Waals surface area contributed by atoms with Gasteiger partial charge in [0.2, 0.25) is 5.96 Å². The fourth-order valence-corrected chi connectivity index (χ4v) is 4.26. The normalized spacial score (nSPS) is 21.3. The first-order valence-electron chi connectivity index (χ1n) is 11.0. The van der Waals surface area contributed by atoms with Crippen LogP contribution in [-0.4, -0.2) is 64.9 Å². The smallest absolute Gasteiger partial charge is 0.325 e. The van der Waals surface area contributed by atoms with Crippen LogP contribution in [0.15, 0.2) is 71.5 Å². The molecular formula is C24H26N6O3. The van der Waals surface area contributed by atoms with Gasteiger partial charge >= 0.3 is 6.03 Å². The van der Waals surface area contributed by atoms with Crippen LogP contribution in [0.25, 0.3) is 0 Å². The van der Waals surface area contributed by atoms with Gasteiger partial charge in [-0.2, -0.15) is 0 Å². The molecule has 33 heavy (non-hydrogen) atoms. The summed E-state index contributed by atoms with van der Waals surface area (Å²) in [5.41, 5.74) is 2.05. The average Bonchev–Trinajstić information content (AvgIpc) is 3.32. The Kier molecular flexibility index (Phi) is 5.37. The molecule has 170 valence electrons. The molecule has 0 saturated carbocycles. The van der Waals surface area contributed by atoms with Crippen molar-refractivity contribution in [3.05, 3.63) is 66.5 Å². The molecule has 3 aliphatic rings. The van der Waals surface area contributed by atoms with Gasteiger partial charge in [0.25, 0.3) is 5.91 Å². The molecule has 2 aromatic rings. The van der Waals surface area contributed by atoms with Crippen LogP contribution >= 0.6 is 0 Å². The van der Waals surface area contributed by atoms with E-state index in [-0.39, 0.29) is 5.91 Å². The highest BCUT2D eigenvalue weighted by molar-refractivity contribution is 6.04. The van der Waals surface area contributed by atoms with Gasteiger partial charge in [0.05, 0.1) is 0 Å². The molecule has 2 atom stereocenters. The lowest BCUT2D eigenvalue weighted by atomic mass is 10.1. The van der Waals surface area contributed by atoms with E-state index < -0.39 is 18.2 Å². The van der Waals surface area contributed by atoms with Gasteiger partial charge in [-0.15, -0.1) is 0 Å². The van der Waals surface area contributed by atoms with Crippen molar-refractivity contribution in [1.82, 2.24) is 20.0 Å². The molecule has 0 aliphatic carbocycles. The minimum Gasteiger partial charge on any atom is -0.457 e. The van der Waals surface area contributed by atoms with Gasteiger partial charge in [0.15, 0.2) is 12.2 Å². The van der Waals surface area contributed by atoms with Crippen molar-refractivity contribution < 1.29 is 14.3 Å². The first-order valence-corrected chi connectivity index (χ1v) is 11.0. The van der Waals surface area contributed by atoms with Crippen LogP contribution in [0.5, 0.6) is 11.5 Å². The highest BCUT2D eigenvalue weighted by atomic mass is 16.5. The lowest BCUT2D eigenvalue weighted by Crippen LogP contribution is -2.62. The van der Waals surface area contributed by atoms with Gasteiger partial charge in [0.1, 0.15) is 11.5 Å². The zero-order chi connectivity index (χ0) is 22.9. The van der Waals surface area contributed by atoms with Crippen LogP contribution < -0.4 is 15.4 Å². The van der Waals surface area contributed by atoms with E-state index in [9.17, 15) is 9.59 Å². The van der Waals surface area contributed by atoms with Crippen molar-refractivity contribution in [2.75, 3.05) is 25.5 Å². The fraction of sp³-hybridized carbons (Fsp3) is 0.292. The molecule has 2 N–H and O–H groups in total. The Balaban J connectivity index is 1.14. The molecule has 0 bridgehead atoms. The number of hydrogen-bond donors (Lipinski definition) is 2. The molecule has 2 unspecified atom stereocenters. The number of guanidine groups is 1. The van der Waals surface area contributed by atoms with Crippen molar-refractivity contribution >= 4 is 23.6 Å². The van der Waals surface area contributed by atoms with Crippen molar-refractivity contribution in [2.45, 2.75) is 25.6 Å². The number of nitrogens with one attached hydrogen (secondary N) is 2. The fourth-order valence-electron chi connectivity index (χ4n) is 4.26. The first-order chi connectivity index (χ1) is 16.0. The second kappa shape index (κ2) is 8.50. The summed E-state index contributed by atoms with van der Waals surface area (Å²) in [6.45, 7) is 3.53. The molecule has 0 spiro atoms. The van der Waals surface area contributed by atoms with Crippen molar-refractivity contribution in [3.63, 3.8) is 0 Å². The van der Waals surface area contributed by atoms with Gasteiger partial charge in [-0.05, 0) is 49.7 Å². The number of imide groups is 1. The van der Waals surface area contributed by atoms with E-state index in [0.717, 1.165) is 48.4 Å². The number of ether oxygens (including phenoxy) is 1. The molecule has 0 aromatic heterocycles. The first kappa shape index (κ1) is 20.9. The van der Waals surface area contributed by atoms with Crippen LogP contribution in [0.1, 0.15) is 13.3 Å². The highest BCUT2D eigenvalue weighted by Gasteiger charge is 2.51. The summed E-state index contributed by atoms with van der Waals surface area (Å²) in [6, 6.07) is 16.6. The molecule has 1 fully saturated rings. The summed E-state index contributed by atoms with van der Waals surface area (Å²) in [5.74, 6) is 2.01. The number of amides is 3. The van der Waals surface area contributed by atoms with Crippen molar-refractivity contribution in [2.24, 2.45) is 4.99 Å². The van der Waals surface area contributed by atoms with Crippen LogP contribution in [0.4, 0.5) is 10.5 Å². The Bertz CT molecular complexity index is 1110. The largest absolute Gasteiger partial charge is 0.457 e. The van der Waals surface area contributed by atoms with E-state index in [1.807, 2.05) is 72.6 Å². The van der Waals surface area contributed by atoms with Crippen LogP contribution in [0, 0.1) is 0 Å². The molecule has 2 aromatic carbocycles.